The Hall–Kier alpha value is -1.18. The van der Waals surface area contributed by atoms with Crippen LogP contribution in [-0.4, -0.2) is 38.3 Å². The summed E-state index contributed by atoms with van der Waals surface area (Å²) in [5, 5.41) is 14.7. The number of methoxy groups -OCH3 is 2. The summed E-state index contributed by atoms with van der Waals surface area (Å²) in [5.74, 6) is 0.403. The van der Waals surface area contributed by atoms with Gasteiger partial charge in [0.2, 0.25) is 0 Å². The van der Waals surface area contributed by atoms with Crippen LogP contribution in [0.5, 0.6) is 5.75 Å². The van der Waals surface area contributed by atoms with Gasteiger partial charge in [-0.25, -0.2) is 0 Å². The van der Waals surface area contributed by atoms with E-state index in [1.165, 1.54) is 7.11 Å². The zero-order valence-electron chi connectivity index (χ0n) is 12.9. The van der Waals surface area contributed by atoms with Gasteiger partial charge in [-0.3, -0.25) is 10.1 Å². The number of nitro benzene ring substituents is 1. The Kier molecular flexibility index (Phi) is 6.16. The third-order valence-corrected chi connectivity index (χ3v) is 4.76. The van der Waals surface area contributed by atoms with Crippen molar-refractivity contribution in [3.63, 3.8) is 0 Å². The Morgan fingerprint density at radius 3 is 2.64 bits per heavy atom. The Labute approximate surface area is 138 Å². The third-order valence-electron chi connectivity index (χ3n) is 4.05. The molecule has 1 aromatic rings. The van der Waals surface area contributed by atoms with Gasteiger partial charge in [0.25, 0.3) is 0 Å². The van der Waals surface area contributed by atoms with Crippen LogP contribution in [0.3, 0.4) is 0 Å². The van der Waals surface area contributed by atoms with Crippen molar-refractivity contribution in [3.05, 3.63) is 31.8 Å². The maximum Gasteiger partial charge on any atom is 0.312 e. The zero-order chi connectivity index (χ0) is 16.1. The SMILES string of the molecule is COCCNC1CCc2c(Br)cc([N+](=O)[O-])c(OC)c2CC1. The van der Waals surface area contributed by atoms with Crippen molar-refractivity contribution in [2.45, 2.75) is 31.7 Å². The van der Waals surface area contributed by atoms with E-state index in [1.54, 1.807) is 13.2 Å². The van der Waals surface area contributed by atoms with Gasteiger partial charge in [0.1, 0.15) is 0 Å². The fourth-order valence-electron chi connectivity index (χ4n) is 2.96. The molecule has 0 bridgehead atoms. The minimum atomic E-state index is -0.386. The van der Waals surface area contributed by atoms with Crippen LogP contribution in [0.1, 0.15) is 24.0 Å². The molecule has 1 N–H and O–H groups in total. The molecule has 6 nitrogen and oxygen atoms in total. The Bertz CT molecular complexity index is 551. The number of hydrogen-bond acceptors (Lipinski definition) is 5. The maximum absolute atomic E-state index is 11.2. The van der Waals surface area contributed by atoms with Gasteiger partial charge in [-0.15, -0.1) is 0 Å². The van der Waals surface area contributed by atoms with Crippen LogP contribution in [0.25, 0.3) is 0 Å². The number of nitro groups is 1. The number of fused-ring (bicyclic) bond motifs is 1. The molecule has 0 radical (unpaired) electrons. The summed E-state index contributed by atoms with van der Waals surface area (Å²) >= 11 is 3.48. The summed E-state index contributed by atoms with van der Waals surface area (Å²) in [6, 6.07) is 1.94. The highest BCUT2D eigenvalue weighted by atomic mass is 79.9. The molecule has 0 fully saturated rings. The molecule has 122 valence electrons. The topological polar surface area (TPSA) is 73.6 Å². The molecule has 0 saturated heterocycles. The number of nitrogens with zero attached hydrogens (tertiary/aromatic N) is 1. The molecule has 1 unspecified atom stereocenters. The summed E-state index contributed by atoms with van der Waals surface area (Å²) in [6.45, 7) is 1.50. The lowest BCUT2D eigenvalue weighted by molar-refractivity contribution is -0.385. The molecule has 7 heteroatoms. The average molecular weight is 373 g/mol. The van der Waals surface area contributed by atoms with E-state index >= 15 is 0 Å². The van der Waals surface area contributed by atoms with Crippen LogP contribution in [0, 0.1) is 10.1 Å². The fourth-order valence-corrected chi connectivity index (χ4v) is 3.61. The van der Waals surface area contributed by atoms with Crippen molar-refractivity contribution >= 4 is 21.6 Å². The van der Waals surface area contributed by atoms with Crippen LogP contribution in [0.15, 0.2) is 10.5 Å². The van der Waals surface area contributed by atoms with E-state index in [9.17, 15) is 10.1 Å². The third kappa shape index (κ3) is 3.77. The van der Waals surface area contributed by atoms with E-state index in [4.69, 9.17) is 9.47 Å². The minimum absolute atomic E-state index is 0.0268. The van der Waals surface area contributed by atoms with E-state index in [0.717, 1.165) is 47.8 Å². The largest absolute Gasteiger partial charge is 0.490 e. The van der Waals surface area contributed by atoms with Crippen molar-refractivity contribution in [2.24, 2.45) is 0 Å². The quantitative estimate of drug-likeness (QED) is 0.359. The summed E-state index contributed by atoms with van der Waals surface area (Å²) in [7, 11) is 3.18. The highest BCUT2D eigenvalue weighted by Gasteiger charge is 2.27. The maximum atomic E-state index is 11.2. The lowest BCUT2D eigenvalue weighted by atomic mass is 10.0. The van der Waals surface area contributed by atoms with E-state index in [-0.39, 0.29) is 10.6 Å². The van der Waals surface area contributed by atoms with E-state index in [0.29, 0.717) is 18.4 Å². The van der Waals surface area contributed by atoms with Gasteiger partial charge in [0, 0.05) is 35.8 Å². The van der Waals surface area contributed by atoms with Crippen molar-refractivity contribution in [1.82, 2.24) is 5.32 Å². The molecule has 2 rings (SSSR count). The Morgan fingerprint density at radius 2 is 2.05 bits per heavy atom. The van der Waals surface area contributed by atoms with E-state index in [2.05, 4.69) is 21.2 Å². The van der Waals surface area contributed by atoms with Crippen LogP contribution < -0.4 is 10.1 Å². The van der Waals surface area contributed by atoms with Gasteiger partial charge in [-0.05, 0) is 31.2 Å². The van der Waals surface area contributed by atoms with Crippen LogP contribution >= 0.6 is 15.9 Å². The highest BCUT2D eigenvalue weighted by Crippen LogP contribution is 2.40. The van der Waals surface area contributed by atoms with Crippen molar-refractivity contribution < 1.29 is 14.4 Å². The second-order valence-electron chi connectivity index (χ2n) is 5.35. The molecule has 1 aromatic carbocycles. The van der Waals surface area contributed by atoms with Gasteiger partial charge in [0.15, 0.2) is 5.75 Å². The van der Waals surface area contributed by atoms with E-state index in [1.807, 2.05) is 0 Å². The molecule has 1 atom stereocenters. The fraction of sp³-hybridized carbons (Fsp3) is 0.600. The number of rotatable bonds is 6. The molecule has 0 saturated carbocycles. The predicted molar refractivity (Wildman–Crippen MR) is 87.7 cm³/mol. The molecule has 22 heavy (non-hydrogen) atoms. The van der Waals surface area contributed by atoms with Gasteiger partial charge < -0.3 is 14.8 Å². The first-order chi connectivity index (χ1) is 10.6. The first-order valence-corrected chi connectivity index (χ1v) is 8.12. The van der Waals surface area contributed by atoms with E-state index < -0.39 is 0 Å². The molecular weight excluding hydrogens is 352 g/mol. The average Bonchev–Trinajstić information content (AvgIpc) is 2.71. The number of hydrogen-bond donors (Lipinski definition) is 1. The second-order valence-corrected chi connectivity index (χ2v) is 6.20. The van der Waals surface area contributed by atoms with Crippen LogP contribution in [0.2, 0.25) is 0 Å². The first kappa shape index (κ1) is 17.2. The van der Waals surface area contributed by atoms with Crippen molar-refractivity contribution in [1.29, 1.82) is 0 Å². The lowest BCUT2D eigenvalue weighted by Crippen LogP contribution is -2.32. The normalized spacial score (nSPS) is 17.7. The second kappa shape index (κ2) is 7.89. The number of nitrogens with one attached hydrogen (secondary N) is 1. The monoisotopic (exact) mass is 372 g/mol. The highest BCUT2D eigenvalue weighted by molar-refractivity contribution is 9.10. The smallest absolute Gasteiger partial charge is 0.312 e. The molecule has 0 amide bonds. The van der Waals surface area contributed by atoms with Gasteiger partial charge in [-0.1, -0.05) is 15.9 Å². The predicted octanol–water partition coefficient (Wildman–Crippen LogP) is 2.85. The Morgan fingerprint density at radius 1 is 1.36 bits per heavy atom. The summed E-state index contributed by atoms with van der Waals surface area (Å²) in [5.41, 5.74) is 2.11. The van der Waals surface area contributed by atoms with Crippen molar-refractivity contribution in [3.8, 4) is 5.75 Å². The molecule has 0 heterocycles. The van der Waals surface area contributed by atoms with Gasteiger partial charge in [-0.2, -0.15) is 0 Å². The minimum Gasteiger partial charge on any atom is -0.490 e. The standard InChI is InChI=1S/C15H21BrN2O4/c1-21-8-7-17-10-3-5-11-12(6-4-10)15(22-2)14(18(19)20)9-13(11)16/h9-10,17H,3-8H2,1-2H3. The van der Waals surface area contributed by atoms with Crippen molar-refractivity contribution in [2.75, 3.05) is 27.4 Å². The first-order valence-electron chi connectivity index (χ1n) is 7.33. The molecule has 1 aliphatic carbocycles. The van der Waals surface area contributed by atoms with Gasteiger partial charge in [0.05, 0.1) is 18.6 Å². The Balaban J connectivity index is 2.24. The van der Waals surface area contributed by atoms with Gasteiger partial charge >= 0.3 is 5.69 Å². The molecular formula is C15H21BrN2O4. The molecule has 0 aromatic heterocycles. The summed E-state index contributed by atoms with van der Waals surface area (Å²) in [4.78, 5) is 10.8. The molecule has 0 aliphatic heterocycles. The summed E-state index contributed by atoms with van der Waals surface area (Å²) < 4.78 is 11.2. The van der Waals surface area contributed by atoms with Crippen LogP contribution in [0.4, 0.5) is 5.69 Å². The number of halogens is 1. The molecule has 1 aliphatic rings. The molecule has 0 spiro atoms. The lowest BCUT2D eigenvalue weighted by Gasteiger charge is -2.15. The number of ether oxygens (including phenoxy) is 2. The van der Waals surface area contributed by atoms with Crippen LogP contribution in [-0.2, 0) is 17.6 Å². The zero-order valence-corrected chi connectivity index (χ0v) is 14.4. The summed E-state index contributed by atoms with van der Waals surface area (Å²) in [6.07, 6.45) is 3.56. The number of benzene rings is 1.